The standard InChI is InChI=1S/C12H24N2O3/c1-12(2,3)17-11(15)14-6-7-16-9-10(8-14)13(4)5/h10H,6-9H2,1-5H3. The van der Waals surface area contributed by atoms with Gasteiger partial charge in [0.2, 0.25) is 0 Å². The molecule has 1 saturated heterocycles. The normalized spacial score (nSPS) is 22.5. The molecule has 0 aromatic rings. The summed E-state index contributed by atoms with van der Waals surface area (Å²) in [6, 6.07) is 0.227. The molecule has 1 unspecified atom stereocenters. The Balaban J connectivity index is 2.59. The van der Waals surface area contributed by atoms with Crippen LogP contribution < -0.4 is 0 Å². The molecule has 0 spiro atoms. The SMILES string of the molecule is CN(C)C1COCCN(C(=O)OC(C)(C)C)C1. The van der Waals surface area contributed by atoms with Gasteiger partial charge in [-0.15, -0.1) is 0 Å². The van der Waals surface area contributed by atoms with Gasteiger partial charge in [-0.25, -0.2) is 4.79 Å². The lowest BCUT2D eigenvalue weighted by Gasteiger charge is -2.29. The molecule has 1 amide bonds. The average molecular weight is 244 g/mol. The number of likely N-dealkylation sites (N-methyl/N-ethyl adjacent to an activating group) is 1. The van der Waals surface area contributed by atoms with Gasteiger partial charge in [0.1, 0.15) is 5.60 Å². The van der Waals surface area contributed by atoms with Crippen molar-refractivity contribution in [3.63, 3.8) is 0 Å². The number of ether oxygens (including phenoxy) is 2. The summed E-state index contributed by atoms with van der Waals surface area (Å²) in [5.74, 6) is 0. The van der Waals surface area contributed by atoms with E-state index in [9.17, 15) is 4.79 Å². The molecule has 0 aromatic heterocycles. The van der Waals surface area contributed by atoms with Crippen molar-refractivity contribution in [2.75, 3.05) is 40.4 Å². The second-order valence-electron chi connectivity index (χ2n) is 5.62. The molecule has 0 N–H and O–H groups in total. The van der Waals surface area contributed by atoms with E-state index in [0.29, 0.717) is 26.3 Å². The highest BCUT2D eigenvalue weighted by Crippen LogP contribution is 2.12. The monoisotopic (exact) mass is 244 g/mol. The van der Waals surface area contributed by atoms with Gasteiger partial charge >= 0.3 is 6.09 Å². The van der Waals surface area contributed by atoms with Crippen LogP contribution in [0.5, 0.6) is 0 Å². The van der Waals surface area contributed by atoms with E-state index in [4.69, 9.17) is 9.47 Å². The maximum atomic E-state index is 12.0. The summed E-state index contributed by atoms with van der Waals surface area (Å²) in [6.07, 6.45) is -0.255. The number of hydrogen-bond donors (Lipinski definition) is 0. The van der Waals surface area contributed by atoms with E-state index in [1.54, 1.807) is 4.90 Å². The fourth-order valence-corrected chi connectivity index (χ4v) is 1.60. The first-order valence-electron chi connectivity index (χ1n) is 6.01. The highest BCUT2D eigenvalue weighted by Gasteiger charge is 2.27. The second-order valence-corrected chi connectivity index (χ2v) is 5.62. The molecule has 1 atom stereocenters. The van der Waals surface area contributed by atoms with Gasteiger partial charge in [-0.05, 0) is 34.9 Å². The highest BCUT2D eigenvalue weighted by molar-refractivity contribution is 5.68. The summed E-state index contributed by atoms with van der Waals surface area (Å²) in [4.78, 5) is 15.8. The molecular weight excluding hydrogens is 220 g/mol. The second kappa shape index (κ2) is 5.69. The van der Waals surface area contributed by atoms with Crippen molar-refractivity contribution in [1.82, 2.24) is 9.80 Å². The first-order chi connectivity index (χ1) is 7.79. The van der Waals surface area contributed by atoms with Crippen LogP contribution in [0.4, 0.5) is 4.79 Å². The summed E-state index contributed by atoms with van der Waals surface area (Å²) >= 11 is 0. The number of carbonyl (C=O) groups excluding carboxylic acids is 1. The van der Waals surface area contributed by atoms with Crippen molar-refractivity contribution in [2.45, 2.75) is 32.4 Å². The predicted molar refractivity (Wildman–Crippen MR) is 66.1 cm³/mol. The van der Waals surface area contributed by atoms with E-state index in [2.05, 4.69) is 4.90 Å². The van der Waals surface area contributed by atoms with Crippen molar-refractivity contribution in [3.8, 4) is 0 Å². The summed E-state index contributed by atoms with van der Waals surface area (Å²) in [5.41, 5.74) is -0.447. The Kier molecular flexibility index (Phi) is 4.77. The van der Waals surface area contributed by atoms with Gasteiger partial charge < -0.3 is 19.3 Å². The van der Waals surface area contributed by atoms with Crippen LogP contribution in [0.3, 0.4) is 0 Å². The maximum absolute atomic E-state index is 12.0. The van der Waals surface area contributed by atoms with Crippen LogP contribution in [0.15, 0.2) is 0 Å². The van der Waals surface area contributed by atoms with Gasteiger partial charge in [0.15, 0.2) is 0 Å². The fourth-order valence-electron chi connectivity index (χ4n) is 1.60. The first kappa shape index (κ1) is 14.3. The Hall–Kier alpha value is -0.810. The summed E-state index contributed by atoms with van der Waals surface area (Å²) in [6.45, 7) is 8.12. The largest absolute Gasteiger partial charge is 0.444 e. The third-order valence-corrected chi connectivity index (χ3v) is 2.63. The molecule has 0 bridgehead atoms. The zero-order valence-corrected chi connectivity index (χ0v) is 11.5. The van der Waals surface area contributed by atoms with Crippen LogP contribution in [-0.2, 0) is 9.47 Å². The van der Waals surface area contributed by atoms with Gasteiger partial charge in [0.25, 0.3) is 0 Å². The van der Waals surface area contributed by atoms with Crippen molar-refractivity contribution < 1.29 is 14.3 Å². The van der Waals surface area contributed by atoms with E-state index in [0.717, 1.165) is 0 Å². The topological polar surface area (TPSA) is 42.0 Å². The van der Waals surface area contributed by atoms with E-state index < -0.39 is 5.60 Å². The molecule has 1 fully saturated rings. The maximum Gasteiger partial charge on any atom is 0.410 e. The Bertz CT molecular complexity index is 261. The minimum Gasteiger partial charge on any atom is -0.444 e. The minimum atomic E-state index is -0.447. The molecule has 0 saturated carbocycles. The van der Waals surface area contributed by atoms with Gasteiger partial charge in [0, 0.05) is 13.1 Å². The molecule has 1 aliphatic rings. The van der Waals surface area contributed by atoms with E-state index in [-0.39, 0.29) is 12.1 Å². The molecule has 100 valence electrons. The van der Waals surface area contributed by atoms with E-state index in [1.165, 1.54) is 0 Å². The zero-order valence-electron chi connectivity index (χ0n) is 11.5. The Morgan fingerprint density at radius 2 is 2.06 bits per heavy atom. The number of carbonyl (C=O) groups is 1. The summed E-state index contributed by atoms with van der Waals surface area (Å²) in [5, 5.41) is 0. The van der Waals surface area contributed by atoms with E-state index >= 15 is 0 Å². The molecule has 5 heteroatoms. The average Bonchev–Trinajstić information content (AvgIpc) is 2.39. The highest BCUT2D eigenvalue weighted by atomic mass is 16.6. The number of amides is 1. The van der Waals surface area contributed by atoms with Crippen LogP contribution >= 0.6 is 0 Å². The van der Waals surface area contributed by atoms with Crippen LogP contribution in [0, 0.1) is 0 Å². The molecule has 0 aromatic carbocycles. The van der Waals surface area contributed by atoms with Crippen molar-refractivity contribution in [2.24, 2.45) is 0 Å². The lowest BCUT2D eigenvalue weighted by atomic mass is 10.2. The number of nitrogens with zero attached hydrogens (tertiary/aromatic N) is 2. The first-order valence-corrected chi connectivity index (χ1v) is 6.01. The van der Waals surface area contributed by atoms with Crippen LogP contribution in [-0.4, -0.2) is 67.9 Å². The molecule has 0 radical (unpaired) electrons. The lowest BCUT2D eigenvalue weighted by Crippen LogP contribution is -2.45. The van der Waals surface area contributed by atoms with Gasteiger partial charge in [0.05, 0.1) is 19.3 Å². The molecule has 5 nitrogen and oxygen atoms in total. The zero-order chi connectivity index (χ0) is 13.1. The van der Waals surface area contributed by atoms with Crippen molar-refractivity contribution in [1.29, 1.82) is 0 Å². The smallest absolute Gasteiger partial charge is 0.410 e. The van der Waals surface area contributed by atoms with E-state index in [1.807, 2.05) is 34.9 Å². The molecule has 0 aliphatic carbocycles. The van der Waals surface area contributed by atoms with Crippen LogP contribution in [0.1, 0.15) is 20.8 Å². The quantitative estimate of drug-likeness (QED) is 0.694. The Labute approximate surface area is 104 Å². The predicted octanol–water partition coefficient (Wildman–Crippen LogP) is 1.18. The van der Waals surface area contributed by atoms with Crippen molar-refractivity contribution in [3.05, 3.63) is 0 Å². The van der Waals surface area contributed by atoms with Crippen LogP contribution in [0.2, 0.25) is 0 Å². The van der Waals surface area contributed by atoms with Gasteiger partial charge in [-0.1, -0.05) is 0 Å². The Morgan fingerprint density at radius 1 is 1.41 bits per heavy atom. The van der Waals surface area contributed by atoms with Crippen LogP contribution in [0.25, 0.3) is 0 Å². The van der Waals surface area contributed by atoms with Gasteiger partial charge in [-0.3, -0.25) is 0 Å². The fraction of sp³-hybridized carbons (Fsp3) is 0.917. The molecule has 17 heavy (non-hydrogen) atoms. The summed E-state index contributed by atoms with van der Waals surface area (Å²) < 4.78 is 10.9. The molecule has 1 heterocycles. The number of rotatable bonds is 1. The number of hydrogen-bond acceptors (Lipinski definition) is 4. The Morgan fingerprint density at radius 3 is 2.59 bits per heavy atom. The third kappa shape index (κ3) is 4.91. The molecule has 1 rings (SSSR count). The van der Waals surface area contributed by atoms with Gasteiger partial charge in [-0.2, -0.15) is 0 Å². The summed E-state index contributed by atoms with van der Waals surface area (Å²) in [7, 11) is 3.99. The molecular formula is C12H24N2O3. The lowest BCUT2D eigenvalue weighted by molar-refractivity contribution is 0.0227. The van der Waals surface area contributed by atoms with Crippen molar-refractivity contribution >= 4 is 6.09 Å². The molecule has 1 aliphatic heterocycles. The third-order valence-electron chi connectivity index (χ3n) is 2.63. The minimum absolute atomic E-state index is 0.227.